The Bertz CT molecular complexity index is 302. The van der Waals surface area contributed by atoms with Crippen molar-refractivity contribution in [3.8, 4) is 0 Å². The molecule has 0 fully saturated rings. The summed E-state index contributed by atoms with van der Waals surface area (Å²) in [6.45, 7) is 7.82. The van der Waals surface area contributed by atoms with Crippen LogP contribution < -0.4 is 0 Å². The fourth-order valence-corrected chi connectivity index (χ4v) is 1.44. The lowest BCUT2D eigenvalue weighted by atomic mass is 9.94. The molecule has 1 heteroatoms. The van der Waals surface area contributed by atoms with Gasteiger partial charge in [-0.15, -0.1) is 6.58 Å². The van der Waals surface area contributed by atoms with Crippen LogP contribution in [0.1, 0.15) is 30.9 Å². The van der Waals surface area contributed by atoms with E-state index in [0.29, 0.717) is 0 Å². The summed E-state index contributed by atoms with van der Waals surface area (Å²) in [5.41, 5.74) is 2.26. The molecule has 1 aromatic carbocycles. The number of aryl methyl sites for hydroxylation is 1. The van der Waals surface area contributed by atoms with Crippen LogP contribution >= 0.6 is 0 Å². The van der Waals surface area contributed by atoms with E-state index >= 15 is 0 Å². The molecule has 1 aromatic rings. The first-order valence-electron chi connectivity index (χ1n) is 4.60. The highest BCUT2D eigenvalue weighted by molar-refractivity contribution is 5.32. The fourth-order valence-electron chi connectivity index (χ4n) is 1.44. The van der Waals surface area contributed by atoms with E-state index in [1.54, 1.807) is 6.07 Å². The van der Waals surface area contributed by atoms with E-state index in [-0.39, 0.29) is 11.7 Å². The highest BCUT2D eigenvalue weighted by atomic mass is 19.1. The van der Waals surface area contributed by atoms with E-state index in [0.717, 1.165) is 12.0 Å². The average molecular weight is 178 g/mol. The molecule has 0 radical (unpaired) electrons. The van der Waals surface area contributed by atoms with Crippen LogP contribution in [0.25, 0.3) is 0 Å². The van der Waals surface area contributed by atoms with Crippen molar-refractivity contribution in [1.29, 1.82) is 0 Å². The van der Waals surface area contributed by atoms with E-state index < -0.39 is 0 Å². The van der Waals surface area contributed by atoms with Gasteiger partial charge in [0, 0.05) is 0 Å². The van der Waals surface area contributed by atoms with Crippen LogP contribution in [0, 0.1) is 5.82 Å². The van der Waals surface area contributed by atoms with Gasteiger partial charge < -0.3 is 0 Å². The zero-order chi connectivity index (χ0) is 9.84. The van der Waals surface area contributed by atoms with Crippen LogP contribution in [0.5, 0.6) is 0 Å². The molecule has 0 N–H and O–H groups in total. The van der Waals surface area contributed by atoms with E-state index in [4.69, 9.17) is 0 Å². The molecule has 0 saturated heterocycles. The predicted molar refractivity (Wildman–Crippen MR) is 54.4 cm³/mol. The van der Waals surface area contributed by atoms with Gasteiger partial charge in [-0.05, 0) is 35.6 Å². The second-order valence-corrected chi connectivity index (χ2v) is 3.22. The first-order chi connectivity index (χ1) is 6.19. The minimum absolute atomic E-state index is 0.166. The molecule has 70 valence electrons. The van der Waals surface area contributed by atoms with Crippen molar-refractivity contribution < 1.29 is 4.39 Å². The Kier molecular flexibility index (Phi) is 3.24. The number of benzene rings is 1. The van der Waals surface area contributed by atoms with Crippen molar-refractivity contribution in [2.45, 2.75) is 26.2 Å². The topological polar surface area (TPSA) is 0 Å². The molecule has 0 saturated carbocycles. The molecule has 1 atom stereocenters. The Morgan fingerprint density at radius 2 is 2.23 bits per heavy atom. The normalized spacial score (nSPS) is 12.5. The summed E-state index contributed by atoms with van der Waals surface area (Å²) >= 11 is 0. The molecule has 0 aliphatic rings. The third kappa shape index (κ3) is 2.18. The average Bonchev–Trinajstić information content (AvgIpc) is 2.16. The summed E-state index contributed by atoms with van der Waals surface area (Å²) in [7, 11) is 0. The molecule has 0 spiro atoms. The Morgan fingerprint density at radius 1 is 1.54 bits per heavy atom. The third-order valence-corrected chi connectivity index (χ3v) is 2.33. The minimum atomic E-state index is -0.166. The van der Waals surface area contributed by atoms with Crippen LogP contribution in [0.15, 0.2) is 30.9 Å². The maximum atomic E-state index is 12.9. The number of rotatable bonds is 3. The smallest absolute Gasteiger partial charge is 0.123 e. The van der Waals surface area contributed by atoms with Crippen LogP contribution in [0.3, 0.4) is 0 Å². The number of halogens is 1. The van der Waals surface area contributed by atoms with Crippen molar-refractivity contribution in [3.05, 3.63) is 47.8 Å². The van der Waals surface area contributed by atoms with Crippen LogP contribution in [-0.4, -0.2) is 0 Å². The molecule has 0 nitrogen and oxygen atoms in total. The predicted octanol–water partition coefficient (Wildman–Crippen LogP) is 3.68. The molecule has 0 amide bonds. The Labute approximate surface area is 79.1 Å². The summed E-state index contributed by atoms with van der Waals surface area (Å²) in [5.74, 6) is 0.0616. The molecule has 0 bridgehead atoms. The quantitative estimate of drug-likeness (QED) is 0.619. The van der Waals surface area contributed by atoms with Gasteiger partial charge in [0.25, 0.3) is 0 Å². The first kappa shape index (κ1) is 9.97. The number of allylic oxidation sites excluding steroid dienone is 1. The van der Waals surface area contributed by atoms with E-state index in [9.17, 15) is 4.39 Å². The van der Waals surface area contributed by atoms with Crippen LogP contribution in [0.4, 0.5) is 4.39 Å². The molecule has 0 heterocycles. The zero-order valence-corrected chi connectivity index (χ0v) is 8.18. The summed E-state index contributed by atoms with van der Waals surface area (Å²) in [6.07, 6.45) is 2.78. The summed E-state index contributed by atoms with van der Waals surface area (Å²) < 4.78 is 12.9. The van der Waals surface area contributed by atoms with Gasteiger partial charge in [0.05, 0.1) is 0 Å². The van der Waals surface area contributed by atoms with Gasteiger partial charge in [-0.1, -0.05) is 26.0 Å². The molecule has 0 aliphatic carbocycles. The van der Waals surface area contributed by atoms with Crippen LogP contribution in [-0.2, 0) is 6.42 Å². The van der Waals surface area contributed by atoms with Crippen molar-refractivity contribution in [1.82, 2.24) is 0 Å². The lowest BCUT2D eigenvalue weighted by Gasteiger charge is -2.11. The number of hydrogen-bond donors (Lipinski definition) is 0. The number of hydrogen-bond acceptors (Lipinski definition) is 0. The van der Waals surface area contributed by atoms with Gasteiger partial charge in [0.2, 0.25) is 0 Å². The van der Waals surface area contributed by atoms with Gasteiger partial charge in [-0.3, -0.25) is 0 Å². The van der Waals surface area contributed by atoms with Crippen molar-refractivity contribution >= 4 is 0 Å². The second-order valence-electron chi connectivity index (χ2n) is 3.22. The largest absolute Gasteiger partial charge is 0.207 e. The summed E-state index contributed by atoms with van der Waals surface area (Å²) in [5, 5.41) is 0. The zero-order valence-electron chi connectivity index (χ0n) is 8.18. The van der Waals surface area contributed by atoms with Crippen LogP contribution in [0.2, 0.25) is 0 Å². The SMILES string of the molecule is C=CC(C)c1cc(F)ccc1CC. The van der Waals surface area contributed by atoms with Crippen molar-refractivity contribution in [3.63, 3.8) is 0 Å². The summed E-state index contributed by atoms with van der Waals surface area (Å²) in [4.78, 5) is 0. The van der Waals surface area contributed by atoms with E-state index in [1.165, 1.54) is 11.6 Å². The second kappa shape index (κ2) is 4.22. The summed E-state index contributed by atoms with van der Waals surface area (Å²) in [6, 6.07) is 4.97. The molecule has 1 unspecified atom stereocenters. The van der Waals surface area contributed by atoms with E-state index in [1.807, 2.05) is 19.1 Å². The lowest BCUT2D eigenvalue weighted by molar-refractivity contribution is 0.623. The molecular formula is C12H15F. The lowest BCUT2D eigenvalue weighted by Crippen LogP contribution is -1.96. The van der Waals surface area contributed by atoms with Crippen molar-refractivity contribution in [2.24, 2.45) is 0 Å². The van der Waals surface area contributed by atoms with Gasteiger partial charge in [0.1, 0.15) is 5.82 Å². The molecule has 0 aliphatic heterocycles. The molecule has 1 rings (SSSR count). The van der Waals surface area contributed by atoms with Crippen molar-refractivity contribution in [2.75, 3.05) is 0 Å². The molecule has 0 aromatic heterocycles. The molecule has 13 heavy (non-hydrogen) atoms. The Hall–Kier alpha value is -1.11. The highest BCUT2D eigenvalue weighted by Gasteiger charge is 2.07. The Balaban J connectivity index is 3.14. The monoisotopic (exact) mass is 178 g/mol. The highest BCUT2D eigenvalue weighted by Crippen LogP contribution is 2.22. The fraction of sp³-hybridized carbons (Fsp3) is 0.333. The third-order valence-electron chi connectivity index (χ3n) is 2.33. The van der Waals surface area contributed by atoms with Gasteiger partial charge in [-0.2, -0.15) is 0 Å². The first-order valence-corrected chi connectivity index (χ1v) is 4.60. The maximum absolute atomic E-state index is 12.9. The Morgan fingerprint density at radius 3 is 2.77 bits per heavy atom. The molecular weight excluding hydrogens is 163 g/mol. The standard InChI is InChI=1S/C12H15F/c1-4-9(3)12-8-11(13)7-6-10(12)5-2/h4,6-9H,1,5H2,2-3H3. The van der Waals surface area contributed by atoms with Gasteiger partial charge in [0.15, 0.2) is 0 Å². The maximum Gasteiger partial charge on any atom is 0.123 e. The van der Waals surface area contributed by atoms with E-state index in [2.05, 4.69) is 13.5 Å². The van der Waals surface area contributed by atoms with Gasteiger partial charge in [-0.25, -0.2) is 4.39 Å². The van der Waals surface area contributed by atoms with Gasteiger partial charge >= 0.3 is 0 Å². The minimum Gasteiger partial charge on any atom is -0.207 e.